The highest BCUT2D eigenvalue weighted by Gasteiger charge is 2.21. The van der Waals surface area contributed by atoms with Gasteiger partial charge in [-0.15, -0.1) is 0 Å². The van der Waals surface area contributed by atoms with Crippen LogP contribution in [0.25, 0.3) is 0 Å². The van der Waals surface area contributed by atoms with Crippen LogP contribution in [0.15, 0.2) is 36.0 Å². The zero-order chi connectivity index (χ0) is 21.2. The second-order valence-corrected chi connectivity index (χ2v) is 8.16. The Kier molecular flexibility index (Phi) is 25.0. The van der Waals surface area contributed by atoms with Crippen LogP contribution in [0.2, 0.25) is 0 Å². The highest BCUT2D eigenvalue weighted by Crippen LogP contribution is 2.32. The lowest BCUT2D eigenvalue weighted by Gasteiger charge is -2.28. The molecule has 0 nitrogen and oxygen atoms in total. The van der Waals surface area contributed by atoms with Crippen molar-refractivity contribution < 1.29 is 0 Å². The van der Waals surface area contributed by atoms with E-state index in [9.17, 15) is 0 Å². The maximum absolute atomic E-state index is 3.76. The van der Waals surface area contributed by atoms with E-state index >= 15 is 0 Å². The van der Waals surface area contributed by atoms with Gasteiger partial charge in [0.25, 0.3) is 0 Å². The first-order valence-corrected chi connectivity index (χ1v) is 10.4. The molecule has 0 aromatic heterocycles. The molecule has 0 aromatic rings. The van der Waals surface area contributed by atoms with E-state index in [1.165, 1.54) is 11.1 Å². The SMILES string of the molecule is C=C/C=C\C(CC(C)C(C)(C)C)=C(\C)C(C)C.CC.CC.CC(C)C. The van der Waals surface area contributed by atoms with Crippen molar-refractivity contribution in [2.75, 3.05) is 0 Å². The number of hydrogen-bond acceptors (Lipinski definition) is 0. The van der Waals surface area contributed by atoms with E-state index in [1.807, 2.05) is 33.8 Å². The van der Waals surface area contributed by atoms with Gasteiger partial charge in [-0.3, -0.25) is 0 Å². The molecule has 25 heavy (non-hydrogen) atoms. The van der Waals surface area contributed by atoms with Crippen molar-refractivity contribution in [3.05, 3.63) is 36.0 Å². The Morgan fingerprint density at radius 1 is 0.880 bits per heavy atom. The molecule has 0 N–H and O–H groups in total. The molecular weight excluding hydrogens is 300 g/mol. The molecule has 0 spiro atoms. The van der Waals surface area contributed by atoms with E-state index in [0.29, 0.717) is 17.3 Å². The van der Waals surface area contributed by atoms with Crippen LogP contribution in [0.5, 0.6) is 0 Å². The third-order valence-corrected chi connectivity index (χ3v) is 3.81. The fourth-order valence-corrected chi connectivity index (χ4v) is 1.55. The highest BCUT2D eigenvalue weighted by atomic mass is 14.3. The lowest BCUT2D eigenvalue weighted by atomic mass is 9.77. The molecule has 0 aliphatic carbocycles. The number of allylic oxidation sites excluding steroid dienone is 5. The van der Waals surface area contributed by atoms with Gasteiger partial charge >= 0.3 is 0 Å². The lowest BCUT2D eigenvalue weighted by molar-refractivity contribution is 0.260. The molecule has 1 unspecified atom stereocenters. The van der Waals surface area contributed by atoms with Crippen LogP contribution in [0.3, 0.4) is 0 Å². The van der Waals surface area contributed by atoms with Gasteiger partial charge in [0.05, 0.1) is 0 Å². The van der Waals surface area contributed by atoms with Crippen molar-refractivity contribution in [1.82, 2.24) is 0 Å². The van der Waals surface area contributed by atoms with Crippen LogP contribution in [-0.4, -0.2) is 0 Å². The van der Waals surface area contributed by atoms with Crippen LogP contribution >= 0.6 is 0 Å². The van der Waals surface area contributed by atoms with Gasteiger partial charge in [0, 0.05) is 0 Å². The Hall–Kier alpha value is -0.780. The monoisotopic (exact) mass is 352 g/mol. The molecular formula is C25H52. The van der Waals surface area contributed by atoms with Gasteiger partial charge in [0.15, 0.2) is 0 Å². The Balaban J connectivity index is -0.000000234. The first kappa shape index (κ1) is 31.9. The van der Waals surface area contributed by atoms with Gasteiger partial charge < -0.3 is 0 Å². The molecule has 0 radical (unpaired) electrons. The van der Waals surface area contributed by atoms with Crippen molar-refractivity contribution in [2.45, 2.75) is 103 Å². The predicted octanol–water partition coefficient (Wildman–Crippen LogP) is 9.49. The Morgan fingerprint density at radius 2 is 1.24 bits per heavy atom. The van der Waals surface area contributed by atoms with Gasteiger partial charge in [-0.1, -0.05) is 120 Å². The van der Waals surface area contributed by atoms with Crippen molar-refractivity contribution in [3.63, 3.8) is 0 Å². The Labute approximate surface area is 162 Å². The average molecular weight is 353 g/mol. The predicted molar refractivity (Wildman–Crippen MR) is 123 cm³/mol. The van der Waals surface area contributed by atoms with Crippen LogP contribution in [-0.2, 0) is 0 Å². The number of hydrogen-bond donors (Lipinski definition) is 0. The normalized spacial score (nSPS) is 13.0. The fraction of sp³-hybridized carbons (Fsp3) is 0.760. The molecule has 1 atom stereocenters. The molecule has 0 fully saturated rings. The second kappa shape index (κ2) is 19.5. The van der Waals surface area contributed by atoms with Crippen LogP contribution in [0.4, 0.5) is 0 Å². The van der Waals surface area contributed by atoms with Gasteiger partial charge in [-0.25, -0.2) is 0 Å². The van der Waals surface area contributed by atoms with E-state index in [-0.39, 0.29) is 0 Å². The zero-order valence-corrected chi connectivity index (χ0v) is 20.4. The summed E-state index contributed by atoms with van der Waals surface area (Å²) in [5.74, 6) is 2.13. The van der Waals surface area contributed by atoms with Gasteiger partial charge in [-0.2, -0.15) is 0 Å². The molecule has 0 saturated heterocycles. The second-order valence-electron chi connectivity index (χ2n) is 8.16. The summed E-state index contributed by atoms with van der Waals surface area (Å²) in [7, 11) is 0. The maximum Gasteiger partial charge on any atom is -0.0248 e. The first-order valence-electron chi connectivity index (χ1n) is 10.4. The smallest absolute Gasteiger partial charge is 0.0248 e. The molecule has 0 amide bonds. The summed E-state index contributed by atoms with van der Waals surface area (Å²) in [6, 6.07) is 0. The van der Waals surface area contributed by atoms with Gasteiger partial charge in [0.2, 0.25) is 0 Å². The summed E-state index contributed by atoms with van der Waals surface area (Å²) in [6.45, 7) is 34.3. The minimum atomic E-state index is 0.366. The number of rotatable bonds is 5. The lowest BCUT2D eigenvalue weighted by Crippen LogP contribution is -2.18. The third kappa shape index (κ3) is 23.2. The summed E-state index contributed by atoms with van der Waals surface area (Å²) in [5, 5.41) is 0. The molecule has 152 valence electrons. The average Bonchev–Trinajstić information content (AvgIpc) is 2.52. The fourth-order valence-electron chi connectivity index (χ4n) is 1.55. The van der Waals surface area contributed by atoms with E-state index in [0.717, 1.165) is 12.3 Å². The quantitative estimate of drug-likeness (QED) is 0.432. The Bertz CT molecular complexity index is 329. The van der Waals surface area contributed by atoms with Crippen molar-refractivity contribution in [1.29, 1.82) is 0 Å². The topological polar surface area (TPSA) is 0 Å². The van der Waals surface area contributed by atoms with Gasteiger partial charge in [0.1, 0.15) is 0 Å². The highest BCUT2D eigenvalue weighted by molar-refractivity contribution is 5.28. The zero-order valence-electron chi connectivity index (χ0n) is 20.4. The largest absolute Gasteiger partial charge is 0.0991 e. The van der Waals surface area contributed by atoms with Crippen molar-refractivity contribution in [3.8, 4) is 0 Å². The Morgan fingerprint density at radius 3 is 1.48 bits per heavy atom. The third-order valence-electron chi connectivity index (χ3n) is 3.81. The van der Waals surface area contributed by atoms with E-state index in [4.69, 9.17) is 0 Å². The first-order chi connectivity index (χ1) is 11.4. The minimum absolute atomic E-state index is 0.366. The summed E-state index contributed by atoms with van der Waals surface area (Å²) >= 11 is 0. The molecule has 0 heterocycles. The molecule has 0 aromatic carbocycles. The molecule has 0 saturated carbocycles. The van der Waals surface area contributed by atoms with E-state index in [1.54, 1.807) is 0 Å². The van der Waals surface area contributed by atoms with Gasteiger partial charge in [-0.05, 0) is 42.1 Å². The van der Waals surface area contributed by atoms with Crippen LogP contribution in [0.1, 0.15) is 103 Å². The molecule has 0 heteroatoms. The standard InChI is InChI=1S/C17H30.C4H10.2C2H6/c1-9-10-11-16(15(5)13(2)3)12-14(4)17(6,7)8;1-4(2)3;2*1-2/h9-11,13-14H,1,12H2,2-8H3;4H,1-3H3;2*1-2H3/b11-10-,16-15+;;;. The van der Waals surface area contributed by atoms with Crippen LogP contribution < -0.4 is 0 Å². The molecule has 0 aliphatic rings. The van der Waals surface area contributed by atoms with E-state index in [2.05, 4.69) is 88.0 Å². The van der Waals surface area contributed by atoms with Crippen molar-refractivity contribution >= 4 is 0 Å². The molecule has 0 rings (SSSR count). The minimum Gasteiger partial charge on any atom is -0.0991 e. The summed E-state index contributed by atoms with van der Waals surface area (Å²) < 4.78 is 0. The van der Waals surface area contributed by atoms with E-state index < -0.39 is 0 Å². The van der Waals surface area contributed by atoms with Crippen LogP contribution in [0, 0.1) is 23.2 Å². The maximum atomic E-state index is 3.76. The summed E-state index contributed by atoms with van der Waals surface area (Å²) in [6.07, 6.45) is 7.29. The molecule has 0 bridgehead atoms. The molecule has 0 aliphatic heterocycles. The van der Waals surface area contributed by atoms with Crippen molar-refractivity contribution in [2.24, 2.45) is 23.2 Å². The summed E-state index contributed by atoms with van der Waals surface area (Å²) in [4.78, 5) is 0. The summed E-state index contributed by atoms with van der Waals surface area (Å²) in [5.41, 5.74) is 3.34.